The molecule has 0 aliphatic carbocycles. The first-order valence-corrected chi connectivity index (χ1v) is 12.9. The Bertz CT molecular complexity index is 784. The summed E-state index contributed by atoms with van der Waals surface area (Å²) in [5.41, 5.74) is 5.53. The van der Waals surface area contributed by atoms with Crippen LogP contribution in [0.5, 0.6) is 0 Å². The Balaban J connectivity index is 4.53. The van der Waals surface area contributed by atoms with E-state index >= 15 is 0 Å². The third-order valence-corrected chi connectivity index (χ3v) is 5.75. The average Bonchev–Trinajstić information content (AvgIpc) is 2.75. The van der Waals surface area contributed by atoms with Gasteiger partial charge in [0.15, 0.2) is 0 Å². The van der Waals surface area contributed by atoms with E-state index < -0.39 is 58.2 Å². The SMILES string of the molecule is CN(CCCCCC(=O)O)CCNC(=O)C(CS(=O)(=O)O)NC(=O)CNC(=O)C(N)CSOOO. The molecule has 0 saturated heterocycles. The molecule has 35 heavy (non-hydrogen) atoms. The van der Waals surface area contributed by atoms with Gasteiger partial charge in [-0.25, -0.2) is 5.26 Å². The summed E-state index contributed by atoms with van der Waals surface area (Å²) >= 11 is 0.531. The smallest absolute Gasteiger partial charge is 0.303 e. The number of nitrogens with two attached hydrogens (primary N) is 1. The molecular weight excluding hydrogens is 514 g/mol. The van der Waals surface area contributed by atoms with Crippen molar-refractivity contribution in [2.75, 3.05) is 44.7 Å². The van der Waals surface area contributed by atoms with E-state index in [-0.39, 0.29) is 18.7 Å². The molecule has 0 fully saturated rings. The number of carbonyl (C=O) groups is 4. The van der Waals surface area contributed by atoms with E-state index in [0.29, 0.717) is 31.6 Å². The Labute approximate surface area is 207 Å². The van der Waals surface area contributed by atoms with Gasteiger partial charge < -0.3 is 31.7 Å². The summed E-state index contributed by atoms with van der Waals surface area (Å²) < 4.78 is 35.7. The Hall–Kier alpha value is -2.06. The number of hydrogen-bond donors (Lipinski definition) is 7. The van der Waals surface area contributed by atoms with Crippen LogP contribution in [-0.4, -0.2) is 109 Å². The van der Waals surface area contributed by atoms with Crippen molar-refractivity contribution in [2.24, 2.45) is 5.73 Å². The van der Waals surface area contributed by atoms with Crippen molar-refractivity contribution < 1.29 is 51.9 Å². The highest BCUT2D eigenvalue weighted by atomic mass is 32.2. The van der Waals surface area contributed by atoms with E-state index in [1.54, 1.807) is 7.05 Å². The van der Waals surface area contributed by atoms with Crippen molar-refractivity contribution in [3.8, 4) is 0 Å². The van der Waals surface area contributed by atoms with E-state index in [1.807, 2.05) is 4.90 Å². The highest BCUT2D eigenvalue weighted by Gasteiger charge is 2.26. The number of hydrogen-bond acceptors (Lipinski definition) is 12. The summed E-state index contributed by atoms with van der Waals surface area (Å²) in [5.74, 6) is -4.58. The lowest BCUT2D eigenvalue weighted by Gasteiger charge is -2.20. The van der Waals surface area contributed by atoms with Crippen molar-refractivity contribution in [3.63, 3.8) is 0 Å². The van der Waals surface area contributed by atoms with Gasteiger partial charge in [-0.2, -0.15) is 8.42 Å². The Morgan fingerprint density at radius 1 is 1.09 bits per heavy atom. The maximum atomic E-state index is 12.4. The molecule has 2 unspecified atom stereocenters. The van der Waals surface area contributed by atoms with Gasteiger partial charge in [0.25, 0.3) is 10.1 Å². The van der Waals surface area contributed by atoms with Gasteiger partial charge in [-0.1, -0.05) is 11.5 Å². The second kappa shape index (κ2) is 18.2. The molecule has 8 N–H and O–H groups in total. The largest absolute Gasteiger partial charge is 0.481 e. The summed E-state index contributed by atoms with van der Waals surface area (Å²) in [5, 5.41) is 26.7. The second-order valence-electron chi connectivity index (χ2n) is 7.42. The maximum Gasteiger partial charge on any atom is 0.303 e. The zero-order valence-electron chi connectivity index (χ0n) is 19.2. The molecule has 0 saturated carbocycles. The lowest BCUT2D eigenvalue weighted by molar-refractivity contribution is -0.432. The number of nitrogens with zero attached hydrogens (tertiary/aromatic N) is 1. The molecule has 0 heterocycles. The summed E-state index contributed by atoms with van der Waals surface area (Å²) in [7, 11) is -2.83. The zero-order chi connectivity index (χ0) is 26.9. The van der Waals surface area contributed by atoms with E-state index in [9.17, 15) is 27.6 Å². The van der Waals surface area contributed by atoms with Crippen LogP contribution in [0.2, 0.25) is 0 Å². The van der Waals surface area contributed by atoms with Crippen LogP contribution in [0.4, 0.5) is 0 Å². The number of unbranched alkanes of at least 4 members (excludes halogenated alkanes) is 2. The van der Waals surface area contributed by atoms with Crippen molar-refractivity contribution >= 4 is 45.9 Å². The normalized spacial score (nSPS) is 13.2. The molecule has 0 bridgehead atoms. The van der Waals surface area contributed by atoms with Crippen LogP contribution in [0.25, 0.3) is 0 Å². The lowest BCUT2D eigenvalue weighted by atomic mass is 10.2. The second-order valence-corrected chi connectivity index (χ2v) is 9.62. The Morgan fingerprint density at radius 3 is 2.37 bits per heavy atom. The predicted octanol–water partition coefficient (Wildman–Crippen LogP) is -2.44. The first kappa shape index (κ1) is 32.9. The maximum absolute atomic E-state index is 12.4. The van der Waals surface area contributed by atoms with Crippen LogP contribution in [-0.2, 0) is 38.7 Å². The minimum Gasteiger partial charge on any atom is -0.481 e. The van der Waals surface area contributed by atoms with Crippen molar-refractivity contribution in [3.05, 3.63) is 0 Å². The number of aliphatic carboxylic acids is 1. The van der Waals surface area contributed by atoms with E-state index in [2.05, 4.69) is 25.3 Å². The molecule has 16 nitrogen and oxygen atoms in total. The van der Waals surface area contributed by atoms with Gasteiger partial charge in [0, 0.05) is 37.3 Å². The first-order chi connectivity index (χ1) is 16.4. The van der Waals surface area contributed by atoms with E-state index in [4.69, 9.17) is 20.7 Å². The van der Waals surface area contributed by atoms with Gasteiger partial charge in [0.05, 0.1) is 12.6 Å². The molecule has 0 aliphatic rings. The highest BCUT2D eigenvalue weighted by Crippen LogP contribution is 2.03. The van der Waals surface area contributed by atoms with E-state index in [1.165, 1.54) is 0 Å². The Morgan fingerprint density at radius 2 is 1.77 bits per heavy atom. The summed E-state index contributed by atoms with van der Waals surface area (Å²) in [6.07, 6.45) is 2.16. The molecular formula is C17H33N5O11S2. The number of amides is 3. The molecule has 0 aromatic carbocycles. The van der Waals surface area contributed by atoms with Gasteiger partial charge in [-0.15, -0.1) is 4.33 Å². The molecule has 0 aliphatic heterocycles. The minimum absolute atomic E-state index is 0.102. The highest BCUT2D eigenvalue weighted by molar-refractivity contribution is 7.94. The van der Waals surface area contributed by atoms with Crippen LogP contribution in [0, 0.1) is 0 Å². The predicted molar refractivity (Wildman–Crippen MR) is 123 cm³/mol. The standard InChI is InChI=1S/C17H33N5O11S2/c1-22(7-4-2-3-5-15(24)25)8-6-19-17(27)13(11-35(29,30)31)21-14(23)9-20-16(26)12(18)10-34-33-32-28/h12-13,28H,2-11,18H2,1H3,(H,19,27)(H,20,26)(H,21,23)(H,24,25)(H,29,30,31). The number of carbonyl (C=O) groups excluding carboxylic acids is 3. The Kier molecular flexibility index (Phi) is 17.2. The van der Waals surface area contributed by atoms with Crippen LogP contribution >= 0.6 is 12.0 Å². The molecule has 204 valence electrons. The van der Waals surface area contributed by atoms with Gasteiger partial charge in [0.1, 0.15) is 11.8 Å². The fraction of sp³-hybridized carbons (Fsp3) is 0.765. The molecule has 0 rings (SSSR count). The molecule has 3 amide bonds. The third kappa shape index (κ3) is 18.9. The van der Waals surface area contributed by atoms with Gasteiger partial charge in [-0.3, -0.25) is 23.7 Å². The molecule has 0 radical (unpaired) electrons. The number of nitrogens with one attached hydrogen (secondary N) is 3. The van der Waals surface area contributed by atoms with E-state index in [0.717, 1.165) is 12.8 Å². The van der Waals surface area contributed by atoms with Crippen molar-refractivity contribution in [1.82, 2.24) is 20.9 Å². The fourth-order valence-corrected chi connectivity index (χ4v) is 3.63. The zero-order valence-corrected chi connectivity index (χ0v) is 20.8. The number of likely N-dealkylation sites (N-methyl/N-ethyl adjacent to an activating group) is 1. The summed E-state index contributed by atoms with van der Waals surface area (Å²) in [6.45, 7) is 0.536. The monoisotopic (exact) mass is 547 g/mol. The van der Waals surface area contributed by atoms with Crippen LogP contribution in [0.1, 0.15) is 25.7 Å². The topological polar surface area (TPSA) is 247 Å². The van der Waals surface area contributed by atoms with Crippen LogP contribution < -0.4 is 21.7 Å². The van der Waals surface area contributed by atoms with Gasteiger partial charge >= 0.3 is 5.97 Å². The third-order valence-electron chi connectivity index (χ3n) is 4.34. The van der Waals surface area contributed by atoms with Crippen LogP contribution in [0.3, 0.4) is 0 Å². The molecule has 18 heteroatoms. The number of rotatable bonds is 20. The molecule has 0 aromatic rings. The summed E-state index contributed by atoms with van der Waals surface area (Å²) in [6, 6.07) is -2.75. The first-order valence-electron chi connectivity index (χ1n) is 10.4. The van der Waals surface area contributed by atoms with Crippen molar-refractivity contribution in [2.45, 2.75) is 37.8 Å². The quantitative estimate of drug-likeness (QED) is 0.0275. The molecule has 0 aromatic heterocycles. The average molecular weight is 548 g/mol. The molecule has 0 spiro atoms. The number of carboxylic acid groups (broad SMARTS) is 1. The molecule has 2 atom stereocenters. The van der Waals surface area contributed by atoms with Crippen LogP contribution in [0.15, 0.2) is 0 Å². The summed E-state index contributed by atoms with van der Waals surface area (Å²) in [4.78, 5) is 48.6. The lowest BCUT2D eigenvalue weighted by Crippen LogP contribution is -2.54. The fourth-order valence-electron chi connectivity index (χ4n) is 2.58. The van der Waals surface area contributed by atoms with Gasteiger partial charge in [-0.05, 0) is 26.4 Å². The van der Waals surface area contributed by atoms with Crippen molar-refractivity contribution in [1.29, 1.82) is 0 Å². The minimum atomic E-state index is -4.62. The number of carboxylic acids is 1. The van der Waals surface area contributed by atoms with Gasteiger partial charge in [0.2, 0.25) is 17.7 Å².